The predicted octanol–water partition coefficient (Wildman–Crippen LogP) is 3.61. The van der Waals surface area contributed by atoms with Gasteiger partial charge in [-0.25, -0.2) is 0 Å². The fourth-order valence-corrected chi connectivity index (χ4v) is 2.65. The number of carbonyl (C=O) groups excluding carboxylic acids is 1. The Labute approximate surface area is 144 Å². The largest absolute Gasteiger partial charge is 0.497 e. The van der Waals surface area contributed by atoms with Gasteiger partial charge in [-0.2, -0.15) is 0 Å². The Bertz CT molecular complexity index is 785. The zero-order valence-corrected chi connectivity index (χ0v) is 13.8. The summed E-state index contributed by atoms with van der Waals surface area (Å²) in [5, 5.41) is 3.90. The molecule has 0 saturated carbocycles. The number of hydrogen-bond acceptors (Lipinski definition) is 3. The van der Waals surface area contributed by atoms with Gasteiger partial charge >= 0.3 is 0 Å². The highest BCUT2D eigenvalue weighted by molar-refractivity contribution is 7.80. The van der Waals surface area contributed by atoms with Gasteiger partial charge in [-0.3, -0.25) is 9.69 Å². The molecule has 6 heteroatoms. The van der Waals surface area contributed by atoms with Crippen LogP contribution in [0.1, 0.15) is 5.56 Å². The van der Waals surface area contributed by atoms with Crippen LogP contribution in [-0.4, -0.2) is 18.1 Å². The van der Waals surface area contributed by atoms with E-state index in [1.165, 1.54) is 4.90 Å². The molecule has 1 N–H and O–H groups in total. The van der Waals surface area contributed by atoms with Crippen molar-refractivity contribution in [2.24, 2.45) is 0 Å². The first-order valence-corrected chi connectivity index (χ1v) is 7.64. The molecule has 4 nitrogen and oxygen atoms in total. The van der Waals surface area contributed by atoms with E-state index in [4.69, 9.17) is 28.6 Å². The first kappa shape index (κ1) is 15.5. The molecule has 1 fully saturated rings. The van der Waals surface area contributed by atoms with Gasteiger partial charge in [-0.05, 0) is 60.3 Å². The molecule has 23 heavy (non-hydrogen) atoms. The standard InChI is InChI=1S/C17H13ClN2O2S/c1-22-14-8-2-11(3-9-14)10-15-16(21)20(17(23)19-15)13-6-4-12(18)5-7-13/h2-10H,1H3,(H,19,23). The smallest absolute Gasteiger partial charge is 0.281 e. The lowest BCUT2D eigenvalue weighted by atomic mass is 10.2. The van der Waals surface area contributed by atoms with Crippen molar-refractivity contribution < 1.29 is 9.53 Å². The van der Waals surface area contributed by atoms with E-state index in [1.54, 1.807) is 37.5 Å². The average molecular weight is 345 g/mol. The Morgan fingerprint density at radius 2 is 1.78 bits per heavy atom. The van der Waals surface area contributed by atoms with Crippen molar-refractivity contribution in [1.82, 2.24) is 5.32 Å². The van der Waals surface area contributed by atoms with E-state index in [0.29, 0.717) is 21.5 Å². The molecule has 1 amide bonds. The fourth-order valence-electron chi connectivity index (χ4n) is 2.23. The van der Waals surface area contributed by atoms with E-state index in [-0.39, 0.29) is 5.91 Å². The number of nitrogens with zero attached hydrogens (tertiary/aromatic N) is 1. The molecule has 1 heterocycles. The molecule has 0 radical (unpaired) electrons. The number of ether oxygens (including phenoxy) is 1. The highest BCUT2D eigenvalue weighted by Crippen LogP contribution is 2.24. The fraction of sp³-hybridized carbons (Fsp3) is 0.0588. The molecule has 3 rings (SSSR count). The first-order chi connectivity index (χ1) is 11.1. The average Bonchev–Trinajstić information content (AvgIpc) is 2.83. The van der Waals surface area contributed by atoms with Crippen LogP contribution >= 0.6 is 23.8 Å². The van der Waals surface area contributed by atoms with Crippen LogP contribution in [0.4, 0.5) is 5.69 Å². The molecule has 0 aromatic heterocycles. The van der Waals surface area contributed by atoms with Crippen LogP contribution in [0.2, 0.25) is 5.02 Å². The SMILES string of the molecule is COc1ccc(C=C2NC(=S)N(c3ccc(Cl)cc3)C2=O)cc1. The third-order valence-corrected chi connectivity index (χ3v) is 3.93. The maximum absolute atomic E-state index is 12.6. The van der Waals surface area contributed by atoms with Gasteiger partial charge in [0.2, 0.25) is 0 Å². The van der Waals surface area contributed by atoms with E-state index < -0.39 is 0 Å². The van der Waals surface area contributed by atoms with Crippen molar-refractivity contribution in [3.05, 3.63) is 64.8 Å². The van der Waals surface area contributed by atoms with Gasteiger partial charge in [0.1, 0.15) is 11.4 Å². The maximum atomic E-state index is 12.6. The number of carbonyl (C=O) groups is 1. The zero-order chi connectivity index (χ0) is 16.4. The number of halogens is 1. The van der Waals surface area contributed by atoms with Gasteiger partial charge < -0.3 is 10.1 Å². The number of nitrogens with one attached hydrogen (secondary N) is 1. The molecule has 1 saturated heterocycles. The minimum atomic E-state index is -0.201. The molecule has 1 aliphatic heterocycles. The van der Waals surface area contributed by atoms with E-state index >= 15 is 0 Å². The first-order valence-electron chi connectivity index (χ1n) is 6.85. The Hall–Kier alpha value is -2.37. The summed E-state index contributed by atoms with van der Waals surface area (Å²) >= 11 is 11.1. The monoisotopic (exact) mass is 344 g/mol. The molecular weight excluding hydrogens is 332 g/mol. The van der Waals surface area contributed by atoms with Gasteiger partial charge in [0.05, 0.1) is 12.8 Å². The lowest BCUT2D eigenvalue weighted by Crippen LogP contribution is -2.30. The van der Waals surface area contributed by atoms with Crippen LogP contribution in [-0.2, 0) is 4.79 Å². The number of benzene rings is 2. The molecule has 2 aromatic carbocycles. The summed E-state index contributed by atoms with van der Waals surface area (Å²) in [5.74, 6) is 0.560. The third-order valence-electron chi connectivity index (χ3n) is 3.39. The van der Waals surface area contributed by atoms with E-state index in [2.05, 4.69) is 5.32 Å². The van der Waals surface area contributed by atoms with Crippen molar-refractivity contribution >= 4 is 46.6 Å². The summed E-state index contributed by atoms with van der Waals surface area (Å²) in [6, 6.07) is 14.4. The van der Waals surface area contributed by atoms with Crippen LogP contribution in [0.15, 0.2) is 54.2 Å². The zero-order valence-electron chi connectivity index (χ0n) is 12.2. The van der Waals surface area contributed by atoms with Crippen LogP contribution in [0.25, 0.3) is 6.08 Å². The number of amides is 1. The topological polar surface area (TPSA) is 41.6 Å². The second-order valence-corrected chi connectivity index (χ2v) is 5.70. The number of anilines is 1. The second-order valence-electron chi connectivity index (χ2n) is 4.88. The quantitative estimate of drug-likeness (QED) is 0.682. The van der Waals surface area contributed by atoms with E-state index in [0.717, 1.165) is 11.3 Å². The van der Waals surface area contributed by atoms with Crippen molar-refractivity contribution in [1.29, 1.82) is 0 Å². The maximum Gasteiger partial charge on any atom is 0.281 e. The van der Waals surface area contributed by atoms with Gasteiger partial charge in [0.25, 0.3) is 5.91 Å². The summed E-state index contributed by atoms with van der Waals surface area (Å²) in [4.78, 5) is 14.0. The Balaban J connectivity index is 1.88. The minimum absolute atomic E-state index is 0.201. The van der Waals surface area contributed by atoms with Gasteiger partial charge in [-0.1, -0.05) is 23.7 Å². The number of methoxy groups -OCH3 is 1. The number of hydrogen-bond donors (Lipinski definition) is 1. The van der Waals surface area contributed by atoms with Gasteiger partial charge in [-0.15, -0.1) is 0 Å². The van der Waals surface area contributed by atoms with Gasteiger partial charge in [0, 0.05) is 5.02 Å². The molecule has 0 unspecified atom stereocenters. The molecule has 116 valence electrons. The van der Waals surface area contributed by atoms with Crippen LogP contribution in [0.3, 0.4) is 0 Å². The normalized spacial score (nSPS) is 15.9. The van der Waals surface area contributed by atoms with Gasteiger partial charge in [0.15, 0.2) is 5.11 Å². The molecule has 0 aliphatic carbocycles. The Morgan fingerprint density at radius 3 is 2.39 bits per heavy atom. The minimum Gasteiger partial charge on any atom is -0.497 e. The van der Waals surface area contributed by atoms with Crippen LogP contribution in [0, 0.1) is 0 Å². The molecule has 0 spiro atoms. The Kier molecular flexibility index (Phi) is 4.32. The van der Waals surface area contributed by atoms with Crippen molar-refractivity contribution in [3.63, 3.8) is 0 Å². The van der Waals surface area contributed by atoms with Crippen molar-refractivity contribution in [3.8, 4) is 5.75 Å². The summed E-state index contributed by atoms with van der Waals surface area (Å²) in [6.45, 7) is 0. The van der Waals surface area contributed by atoms with E-state index in [1.807, 2.05) is 24.3 Å². The molecule has 2 aromatic rings. The van der Waals surface area contributed by atoms with Crippen LogP contribution in [0.5, 0.6) is 5.75 Å². The highest BCUT2D eigenvalue weighted by atomic mass is 35.5. The molecule has 1 aliphatic rings. The predicted molar refractivity (Wildman–Crippen MR) is 95.6 cm³/mol. The molecular formula is C17H13ClN2O2S. The van der Waals surface area contributed by atoms with E-state index in [9.17, 15) is 4.79 Å². The molecule has 0 atom stereocenters. The summed E-state index contributed by atoms with van der Waals surface area (Å²) in [7, 11) is 1.61. The van der Waals surface area contributed by atoms with Crippen molar-refractivity contribution in [2.45, 2.75) is 0 Å². The summed E-state index contributed by atoms with van der Waals surface area (Å²) < 4.78 is 5.12. The lowest BCUT2D eigenvalue weighted by Gasteiger charge is -2.13. The van der Waals surface area contributed by atoms with Crippen LogP contribution < -0.4 is 15.0 Å². The Morgan fingerprint density at radius 1 is 1.13 bits per heavy atom. The summed E-state index contributed by atoms with van der Waals surface area (Å²) in [6.07, 6.45) is 1.75. The third kappa shape index (κ3) is 3.21. The van der Waals surface area contributed by atoms with Crippen molar-refractivity contribution in [2.75, 3.05) is 12.0 Å². The second kappa shape index (κ2) is 6.40. The number of rotatable bonds is 3. The molecule has 0 bridgehead atoms. The lowest BCUT2D eigenvalue weighted by molar-refractivity contribution is -0.113. The number of thiocarbonyl (C=S) groups is 1. The highest BCUT2D eigenvalue weighted by Gasteiger charge is 2.31. The summed E-state index contributed by atoms with van der Waals surface area (Å²) in [5.41, 5.74) is 1.98.